The Labute approximate surface area is 185 Å². The molecule has 0 aromatic heterocycles. The van der Waals surface area contributed by atoms with E-state index in [0.29, 0.717) is 13.1 Å². The predicted octanol–water partition coefficient (Wildman–Crippen LogP) is 6.17. The first-order chi connectivity index (χ1) is 13.8. The third-order valence-corrected chi connectivity index (χ3v) is 5.73. The van der Waals surface area contributed by atoms with Gasteiger partial charge in [0.2, 0.25) is 3.79 Å². The molecule has 7 heteroatoms. The van der Waals surface area contributed by atoms with Gasteiger partial charge in [-0.2, -0.15) is 0 Å². The molecule has 0 aliphatic carbocycles. The summed E-state index contributed by atoms with van der Waals surface area (Å²) in [6.45, 7) is 0.906. The number of carbonyl (C=O) groups excluding carboxylic acids is 1. The SMILES string of the molecule is CN1c2ccccc2C(=C2CCN(C(=O)OCC(Cl)(Cl)Cl)CC2)c2ccccc21. The summed E-state index contributed by atoms with van der Waals surface area (Å²) < 4.78 is 3.52. The highest BCUT2D eigenvalue weighted by molar-refractivity contribution is 6.67. The fourth-order valence-corrected chi connectivity index (χ4v) is 4.22. The number of benzene rings is 2. The van der Waals surface area contributed by atoms with Gasteiger partial charge in [-0.25, -0.2) is 4.79 Å². The van der Waals surface area contributed by atoms with E-state index in [1.807, 2.05) is 0 Å². The number of hydrogen-bond acceptors (Lipinski definition) is 3. The first kappa shape index (κ1) is 20.4. The van der Waals surface area contributed by atoms with Crippen molar-refractivity contribution in [2.45, 2.75) is 16.6 Å². The van der Waals surface area contributed by atoms with Crippen LogP contribution < -0.4 is 4.90 Å². The standard InChI is InChI=1S/C22H21Cl3N2O2/c1-26-18-8-4-2-6-16(18)20(17-7-3-5-9-19(17)26)15-10-12-27(13-11-15)21(28)29-14-22(23,24)25/h2-9H,10-14H2,1H3. The number of nitrogens with zero attached hydrogens (tertiary/aromatic N) is 2. The maximum absolute atomic E-state index is 12.3. The van der Waals surface area contributed by atoms with Gasteiger partial charge < -0.3 is 14.5 Å². The molecular weight excluding hydrogens is 431 g/mol. The molecule has 4 rings (SSSR count). The molecule has 1 saturated heterocycles. The monoisotopic (exact) mass is 450 g/mol. The van der Waals surface area contributed by atoms with Crippen LogP contribution in [0.2, 0.25) is 0 Å². The Balaban J connectivity index is 1.61. The van der Waals surface area contributed by atoms with Crippen LogP contribution in [-0.2, 0) is 4.74 Å². The molecule has 2 aromatic rings. The molecule has 0 saturated carbocycles. The second-order valence-electron chi connectivity index (χ2n) is 7.23. The lowest BCUT2D eigenvalue weighted by Crippen LogP contribution is -2.38. The minimum absolute atomic E-state index is 0.256. The molecule has 1 fully saturated rings. The lowest BCUT2D eigenvalue weighted by Gasteiger charge is -2.35. The van der Waals surface area contributed by atoms with Gasteiger partial charge in [0.1, 0.15) is 6.61 Å². The van der Waals surface area contributed by atoms with Crippen LogP contribution in [-0.4, -0.2) is 41.5 Å². The molecule has 1 amide bonds. The van der Waals surface area contributed by atoms with Gasteiger partial charge in [0.05, 0.1) is 0 Å². The van der Waals surface area contributed by atoms with Crippen molar-refractivity contribution in [1.29, 1.82) is 0 Å². The molecule has 0 N–H and O–H groups in total. The third-order valence-electron chi connectivity index (χ3n) is 5.41. The minimum Gasteiger partial charge on any atom is -0.445 e. The molecule has 0 unspecified atom stereocenters. The molecule has 2 aromatic carbocycles. The van der Waals surface area contributed by atoms with Crippen molar-refractivity contribution < 1.29 is 9.53 Å². The average Bonchev–Trinajstić information content (AvgIpc) is 2.72. The molecule has 2 aliphatic heterocycles. The van der Waals surface area contributed by atoms with Crippen LogP contribution in [0.15, 0.2) is 54.1 Å². The van der Waals surface area contributed by atoms with Gasteiger partial charge in [-0.1, -0.05) is 76.8 Å². The van der Waals surface area contributed by atoms with Crippen LogP contribution in [0.25, 0.3) is 5.57 Å². The second-order valence-corrected chi connectivity index (χ2v) is 9.74. The maximum atomic E-state index is 12.3. The van der Waals surface area contributed by atoms with Crippen molar-refractivity contribution >= 4 is 57.8 Å². The Kier molecular flexibility index (Phi) is 5.69. The van der Waals surface area contributed by atoms with E-state index >= 15 is 0 Å². The van der Waals surface area contributed by atoms with E-state index in [1.165, 1.54) is 33.6 Å². The van der Waals surface area contributed by atoms with Gasteiger partial charge in [0.15, 0.2) is 0 Å². The molecule has 0 radical (unpaired) electrons. The number of carbonyl (C=O) groups is 1. The summed E-state index contributed by atoms with van der Waals surface area (Å²) in [5.41, 5.74) is 7.48. The number of fused-ring (bicyclic) bond motifs is 2. The zero-order valence-electron chi connectivity index (χ0n) is 16.0. The van der Waals surface area contributed by atoms with E-state index in [4.69, 9.17) is 39.5 Å². The van der Waals surface area contributed by atoms with Crippen LogP contribution in [0, 0.1) is 0 Å². The zero-order valence-corrected chi connectivity index (χ0v) is 18.3. The molecule has 2 heterocycles. The van der Waals surface area contributed by atoms with E-state index in [9.17, 15) is 4.79 Å². The highest BCUT2D eigenvalue weighted by atomic mass is 35.6. The van der Waals surface area contributed by atoms with Gasteiger partial charge in [-0.05, 0) is 30.5 Å². The molecule has 0 atom stereocenters. The van der Waals surface area contributed by atoms with Gasteiger partial charge in [0, 0.05) is 42.6 Å². The molecule has 29 heavy (non-hydrogen) atoms. The summed E-state index contributed by atoms with van der Waals surface area (Å²) in [4.78, 5) is 16.2. The number of ether oxygens (including phenoxy) is 1. The van der Waals surface area contributed by atoms with E-state index in [-0.39, 0.29) is 6.61 Å². The third kappa shape index (κ3) is 4.20. The largest absolute Gasteiger partial charge is 0.445 e. The van der Waals surface area contributed by atoms with Crippen molar-refractivity contribution in [3.8, 4) is 0 Å². The summed E-state index contributed by atoms with van der Waals surface area (Å²) in [6.07, 6.45) is 1.12. The number of likely N-dealkylation sites (tertiary alicyclic amines) is 1. The number of amides is 1. The number of anilines is 2. The molecule has 2 aliphatic rings. The van der Waals surface area contributed by atoms with Crippen molar-refractivity contribution in [1.82, 2.24) is 4.90 Å². The van der Waals surface area contributed by atoms with Crippen LogP contribution in [0.4, 0.5) is 16.2 Å². The molecule has 4 nitrogen and oxygen atoms in total. The fourth-order valence-electron chi connectivity index (χ4n) is 4.05. The van der Waals surface area contributed by atoms with Crippen LogP contribution in [0.3, 0.4) is 0 Å². The van der Waals surface area contributed by atoms with E-state index in [2.05, 4.69) is 60.5 Å². The quantitative estimate of drug-likeness (QED) is 0.486. The highest BCUT2D eigenvalue weighted by Gasteiger charge is 2.30. The predicted molar refractivity (Wildman–Crippen MR) is 119 cm³/mol. The van der Waals surface area contributed by atoms with Crippen LogP contribution >= 0.6 is 34.8 Å². The van der Waals surface area contributed by atoms with Gasteiger partial charge in [-0.3, -0.25) is 0 Å². The summed E-state index contributed by atoms with van der Waals surface area (Å²) >= 11 is 17.0. The number of halogens is 3. The highest BCUT2D eigenvalue weighted by Crippen LogP contribution is 2.46. The van der Waals surface area contributed by atoms with E-state index in [1.54, 1.807) is 4.90 Å². The topological polar surface area (TPSA) is 32.8 Å². The Morgan fingerprint density at radius 2 is 1.48 bits per heavy atom. The van der Waals surface area contributed by atoms with Crippen molar-refractivity contribution in [3.05, 3.63) is 65.2 Å². The maximum Gasteiger partial charge on any atom is 0.409 e. The van der Waals surface area contributed by atoms with E-state index in [0.717, 1.165) is 12.8 Å². The summed E-state index contributed by atoms with van der Waals surface area (Å²) in [5.74, 6) is 0. The molecule has 0 bridgehead atoms. The first-order valence-electron chi connectivity index (χ1n) is 9.48. The summed E-state index contributed by atoms with van der Waals surface area (Å²) in [6, 6.07) is 16.9. The van der Waals surface area contributed by atoms with Gasteiger partial charge >= 0.3 is 6.09 Å². The molecule has 0 spiro atoms. The Morgan fingerprint density at radius 1 is 0.966 bits per heavy atom. The number of piperidine rings is 1. The first-order valence-corrected chi connectivity index (χ1v) is 10.6. The summed E-state index contributed by atoms with van der Waals surface area (Å²) in [7, 11) is 2.10. The van der Waals surface area contributed by atoms with Crippen LogP contribution in [0.1, 0.15) is 24.0 Å². The Morgan fingerprint density at radius 3 is 2.00 bits per heavy atom. The van der Waals surface area contributed by atoms with E-state index < -0.39 is 9.89 Å². The Bertz CT molecular complexity index is 909. The zero-order chi connectivity index (χ0) is 20.6. The lowest BCUT2D eigenvalue weighted by atomic mass is 9.84. The number of para-hydroxylation sites is 2. The Hall–Kier alpha value is -1.88. The number of alkyl halides is 3. The number of rotatable bonds is 1. The van der Waals surface area contributed by atoms with Crippen molar-refractivity contribution in [3.63, 3.8) is 0 Å². The van der Waals surface area contributed by atoms with Gasteiger partial charge in [0.25, 0.3) is 0 Å². The lowest BCUT2D eigenvalue weighted by molar-refractivity contribution is 0.101. The second kappa shape index (κ2) is 8.10. The van der Waals surface area contributed by atoms with Crippen LogP contribution in [0.5, 0.6) is 0 Å². The number of hydrogen-bond donors (Lipinski definition) is 0. The van der Waals surface area contributed by atoms with Crippen molar-refractivity contribution in [2.24, 2.45) is 0 Å². The normalized spacial score (nSPS) is 16.4. The summed E-state index contributed by atoms with van der Waals surface area (Å²) in [5, 5.41) is 0. The van der Waals surface area contributed by atoms with Crippen molar-refractivity contribution in [2.75, 3.05) is 31.6 Å². The van der Waals surface area contributed by atoms with Gasteiger partial charge in [-0.15, -0.1) is 0 Å². The average molecular weight is 452 g/mol. The minimum atomic E-state index is -1.60. The molecule has 152 valence electrons. The molecular formula is C22H21Cl3N2O2. The smallest absolute Gasteiger partial charge is 0.409 e. The fraction of sp³-hybridized carbons (Fsp3) is 0.318.